The van der Waals surface area contributed by atoms with Gasteiger partial charge in [-0.3, -0.25) is 0 Å². The van der Waals surface area contributed by atoms with Crippen LogP contribution in [-0.2, 0) is 5.88 Å². The van der Waals surface area contributed by atoms with E-state index in [2.05, 4.69) is 15.4 Å². The number of rotatable bonds is 2. The van der Waals surface area contributed by atoms with Gasteiger partial charge in [0.25, 0.3) is 0 Å². The first-order valence-electron chi connectivity index (χ1n) is 4.23. The van der Waals surface area contributed by atoms with Crippen molar-refractivity contribution in [3.8, 4) is 11.4 Å². The van der Waals surface area contributed by atoms with Crippen molar-refractivity contribution in [1.29, 1.82) is 0 Å². The summed E-state index contributed by atoms with van der Waals surface area (Å²) in [5, 5.41) is 11.9. The Labute approximate surface area is 96.2 Å². The molecule has 0 aliphatic heterocycles. The molecule has 0 saturated heterocycles. The normalized spacial score (nSPS) is 10.6. The number of alkyl halides is 1. The van der Waals surface area contributed by atoms with E-state index in [1.54, 1.807) is 19.1 Å². The number of hydrogen-bond acceptors (Lipinski definition) is 4. The zero-order valence-electron chi connectivity index (χ0n) is 7.87. The largest absolute Gasteiger partial charge is 0.361 e. The quantitative estimate of drug-likeness (QED) is 0.762. The predicted octanol–water partition coefficient (Wildman–Crippen LogP) is 2.83. The second kappa shape index (κ2) is 4.16. The lowest BCUT2D eigenvalue weighted by molar-refractivity contribution is 0.398. The number of nitrogens with zero attached hydrogens (tertiary/aromatic N) is 3. The third-order valence-electron chi connectivity index (χ3n) is 1.99. The number of halogens is 2. The molecule has 2 aromatic rings. The Morgan fingerprint density at radius 3 is 2.73 bits per heavy atom. The molecule has 0 amide bonds. The molecule has 2 rings (SSSR count). The van der Waals surface area contributed by atoms with E-state index in [1.165, 1.54) is 0 Å². The molecule has 78 valence electrons. The van der Waals surface area contributed by atoms with Gasteiger partial charge < -0.3 is 4.52 Å². The maximum Gasteiger partial charge on any atom is 0.151 e. The van der Waals surface area contributed by atoms with Gasteiger partial charge in [-0.15, -0.1) is 21.8 Å². The molecule has 0 aliphatic carbocycles. The topological polar surface area (TPSA) is 51.8 Å². The van der Waals surface area contributed by atoms with Crippen molar-refractivity contribution in [3.63, 3.8) is 0 Å². The Morgan fingerprint density at radius 1 is 1.33 bits per heavy atom. The lowest BCUT2D eigenvalue weighted by Crippen LogP contribution is -1.90. The van der Waals surface area contributed by atoms with E-state index in [0.29, 0.717) is 28.2 Å². The van der Waals surface area contributed by atoms with Crippen LogP contribution in [0.5, 0.6) is 0 Å². The summed E-state index contributed by atoms with van der Waals surface area (Å²) in [5.41, 5.74) is 2.05. The maximum atomic E-state index is 5.79. The monoisotopic (exact) mass is 243 g/mol. The molecule has 0 unspecified atom stereocenters. The molecule has 0 atom stereocenters. The van der Waals surface area contributed by atoms with Gasteiger partial charge in [-0.25, -0.2) is 0 Å². The van der Waals surface area contributed by atoms with Crippen molar-refractivity contribution in [2.24, 2.45) is 0 Å². The summed E-state index contributed by atoms with van der Waals surface area (Å²) < 4.78 is 5.04. The van der Waals surface area contributed by atoms with E-state index in [9.17, 15) is 0 Å². The first-order valence-corrected chi connectivity index (χ1v) is 5.14. The van der Waals surface area contributed by atoms with E-state index in [0.717, 1.165) is 5.56 Å². The van der Waals surface area contributed by atoms with Crippen molar-refractivity contribution in [3.05, 3.63) is 28.6 Å². The van der Waals surface area contributed by atoms with Crippen molar-refractivity contribution in [2.45, 2.75) is 12.8 Å². The molecule has 2 aromatic heterocycles. The number of hydrogen-bond donors (Lipinski definition) is 0. The zero-order chi connectivity index (χ0) is 10.8. The van der Waals surface area contributed by atoms with Crippen LogP contribution in [-0.4, -0.2) is 15.4 Å². The Hall–Kier alpha value is -1.13. The Morgan fingerprint density at radius 2 is 2.13 bits per heavy atom. The molecular weight excluding hydrogens is 237 g/mol. The fraction of sp³-hybridized carbons (Fsp3) is 0.222. The molecule has 0 aromatic carbocycles. The number of aromatic nitrogens is 3. The van der Waals surface area contributed by atoms with Crippen LogP contribution in [0.2, 0.25) is 5.15 Å². The molecular formula is C9H7Cl2N3O. The van der Waals surface area contributed by atoms with Gasteiger partial charge in [0, 0.05) is 5.56 Å². The molecule has 4 nitrogen and oxygen atoms in total. The molecule has 0 spiro atoms. The van der Waals surface area contributed by atoms with Crippen molar-refractivity contribution < 1.29 is 4.52 Å². The maximum absolute atomic E-state index is 5.79. The highest BCUT2D eigenvalue weighted by Crippen LogP contribution is 2.24. The van der Waals surface area contributed by atoms with Gasteiger partial charge in [0.2, 0.25) is 0 Å². The molecule has 0 bridgehead atoms. The Bertz CT molecular complexity index is 467. The minimum absolute atomic E-state index is 0.328. The van der Waals surface area contributed by atoms with Gasteiger partial charge >= 0.3 is 0 Å². The molecule has 0 fully saturated rings. The van der Waals surface area contributed by atoms with Crippen molar-refractivity contribution in [1.82, 2.24) is 15.4 Å². The summed E-state index contributed by atoms with van der Waals surface area (Å²) in [4.78, 5) is 0. The average Bonchev–Trinajstić information content (AvgIpc) is 2.61. The molecule has 0 N–H and O–H groups in total. The third-order valence-corrected chi connectivity index (χ3v) is 2.46. The van der Waals surface area contributed by atoms with Crippen LogP contribution in [0, 0.1) is 6.92 Å². The first kappa shape index (κ1) is 10.4. The van der Waals surface area contributed by atoms with Crippen LogP contribution in [0.1, 0.15) is 11.3 Å². The summed E-state index contributed by atoms with van der Waals surface area (Å²) in [7, 11) is 0. The van der Waals surface area contributed by atoms with E-state index >= 15 is 0 Å². The zero-order valence-corrected chi connectivity index (χ0v) is 9.38. The summed E-state index contributed by atoms with van der Waals surface area (Å²) in [5.74, 6) is 1.02. The number of aryl methyl sites for hydroxylation is 1. The van der Waals surface area contributed by atoms with E-state index < -0.39 is 0 Å². The van der Waals surface area contributed by atoms with Crippen molar-refractivity contribution in [2.75, 3.05) is 0 Å². The molecule has 15 heavy (non-hydrogen) atoms. The summed E-state index contributed by atoms with van der Waals surface area (Å²) in [6, 6.07) is 3.37. The highest BCUT2D eigenvalue weighted by atomic mass is 35.5. The van der Waals surface area contributed by atoms with Gasteiger partial charge in [0.15, 0.2) is 5.15 Å². The van der Waals surface area contributed by atoms with E-state index in [-0.39, 0.29) is 0 Å². The summed E-state index contributed by atoms with van der Waals surface area (Å²) in [6.45, 7) is 1.80. The third kappa shape index (κ3) is 1.96. The molecule has 0 radical (unpaired) electrons. The predicted molar refractivity (Wildman–Crippen MR) is 56.8 cm³/mol. The second-order valence-corrected chi connectivity index (χ2v) is 3.60. The van der Waals surface area contributed by atoms with Gasteiger partial charge in [-0.2, -0.15) is 0 Å². The van der Waals surface area contributed by atoms with Crippen LogP contribution in [0.25, 0.3) is 11.4 Å². The van der Waals surface area contributed by atoms with Crippen LogP contribution < -0.4 is 0 Å². The fourth-order valence-electron chi connectivity index (χ4n) is 1.19. The lowest BCUT2D eigenvalue weighted by atomic mass is 10.2. The van der Waals surface area contributed by atoms with Crippen LogP contribution in [0.3, 0.4) is 0 Å². The van der Waals surface area contributed by atoms with Gasteiger partial charge in [0.1, 0.15) is 17.1 Å². The molecule has 0 aliphatic rings. The van der Waals surface area contributed by atoms with E-state index in [1.807, 2.05) is 0 Å². The average molecular weight is 244 g/mol. The molecule has 0 saturated carbocycles. The summed E-state index contributed by atoms with van der Waals surface area (Å²) in [6.07, 6.45) is 0. The summed E-state index contributed by atoms with van der Waals surface area (Å²) >= 11 is 11.4. The Balaban J connectivity index is 2.49. The lowest BCUT2D eigenvalue weighted by Gasteiger charge is -1.96. The standard InChI is InChI=1S/C9H7Cl2N3O/c1-5-6(4-10)9(14-15-5)7-2-3-8(11)13-12-7/h2-3H,4H2,1H3. The minimum atomic E-state index is 0.328. The Kier molecular flexibility index (Phi) is 2.88. The van der Waals surface area contributed by atoms with Crippen LogP contribution >= 0.6 is 23.2 Å². The molecule has 6 heteroatoms. The SMILES string of the molecule is Cc1onc(-c2ccc(Cl)nn2)c1CCl. The highest BCUT2D eigenvalue weighted by Gasteiger charge is 2.14. The molecule has 2 heterocycles. The van der Waals surface area contributed by atoms with Gasteiger partial charge in [-0.05, 0) is 19.1 Å². The van der Waals surface area contributed by atoms with Crippen LogP contribution in [0.4, 0.5) is 0 Å². The fourth-order valence-corrected chi connectivity index (χ4v) is 1.61. The minimum Gasteiger partial charge on any atom is -0.361 e. The van der Waals surface area contributed by atoms with Gasteiger partial charge in [0.05, 0.1) is 5.88 Å². The smallest absolute Gasteiger partial charge is 0.151 e. The van der Waals surface area contributed by atoms with Gasteiger partial charge in [-0.1, -0.05) is 16.8 Å². The van der Waals surface area contributed by atoms with Crippen LogP contribution in [0.15, 0.2) is 16.7 Å². The second-order valence-electron chi connectivity index (χ2n) is 2.94. The van der Waals surface area contributed by atoms with E-state index in [4.69, 9.17) is 27.7 Å². The van der Waals surface area contributed by atoms with Crippen molar-refractivity contribution >= 4 is 23.2 Å². The highest BCUT2D eigenvalue weighted by molar-refractivity contribution is 6.29. The first-order chi connectivity index (χ1) is 7.22.